The van der Waals surface area contributed by atoms with Gasteiger partial charge in [0.1, 0.15) is 0 Å². The number of rotatable bonds is 5. The Labute approximate surface area is 239 Å². The molecule has 0 aliphatic rings. The Hall–Kier alpha value is -5.65. The Balaban J connectivity index is 1.35. The molecule has 0 aliphatic heterocycles. The molecule has 0 saturated carbocycles. The predicted molar refractivity (Wildman–Crippen MR) is 174 cm³/mol. The van der Waals surface area contributed by atoms with Crippen molar-refractivity contribution in [2.24, 2.45) is 0 Å². The molecule has 7 aromatic rings. The van der Waals surface area contributed by atoms with Crippen LogP contribution in [-0.4, -0.2) is 0 Å². The van der Waals surface area contributed by atoms with E-state index in [2.05, 4.69) is 157 Å². The maximum atomic E-state index is 10.3. The Bertz CT molecular complexity index is 2040. The molecule has 0 spiro atoms. The predicted octanol–water partition coefficient (Wildman–Crippen LogP) is 10.7. The number of nitrogens with zero attached hydrogens (tertiary/aromatic N) is 2. The number of anilines is 3. The van der Waals surface area contributed by atoms with E-state index in [1.807, 2.05) is 12.1 Å². The average molecular weight is 523 g/mol. The molecule has 7 rings (SSSR count). The minimum atomic E-state index is 0.634. The van der Waals surface area contributed by atoms with E-state index in [0.29, 0.717) is 5.57 Å². The summed E-state index contributed by atoms with van der Waals surface area (Å²) in [6.45, 7) is 0. The molecule has 0 aromatic heterocycles. The molecule has 0 bridgehead atoms. The van der Waals surface area contributed by atoms with Gasteiger partial charge in [0, 0.05) is 16.8 Å². The third kappa shape index (κ3) is 4.50. The number of allylic oxidation sites excluding steroid dienone is 1. The van der Waals surface area contributed by atoms with Crippen molar-refractivity contribution in [2.75, 3.05) is 4.90 Å². The lowest BCUT2D eigenvalue weighted by Crippen LogP contribution is -2.10. The largest absolute Gasteiger partial charge is 0.310 e. The molecule has 0 heterocycles. The van der Waals surface area contributed by atoms with Crippen molar-refractivity contribution in [2.45, 2.75) is 0 Å². The molecule has 41 heavy (non-hydrogen) atoms. The Morgan fingerprint density at radius 3 is 1.71 bits per heavy atom. The first-order valence-corrected chi connectivity index (χ1v) is 13.8. The molecule has 0 atom stereocenters. The van der Waals surface area contributed by atoms with Crippen molar-refractivity contribution in [3.05, 3.63) is 163 Å². The molecule has 2 nitrogen and oxygen atoms in total. The van der Waals surface area contributed by atoms with Crippen LogP contribution in [0, 0.1) is 11.3 Å². The van der Waals surface area contributed by atoms with Gasteiger partial charge in [0.2, 0.25) is 0 Å². The van der Waals surface area contributed by atoms with Crippen LogP contribution in [0.25, 0.3) is 44.0 Å². The van der Waals surface area contributed by atoms with Crippen LogP contribution in [0.5, 0.6) is 0 Å². The molecular weight excluding hydrogens is 496 g/mol. The molecule has 0 N–H and O–H groups in total. The second kappa shape index (κ2) is 10.5. The Kier molecular flexibility index (Phi) is 6.24. The third-order valence-electron chi connectivity index (χ3n) is 7.68. The zero-order chi connectivity index (χ0) is 27.6. The first-order valence-electron chi connectivity index (χ1n) is 13.8. The number of hydrogen-bond acceptors (Lipinski definition) is 2. The number of benzene rings is 7. The molecule has 192 valence electrons. The summed E-state index contributed by atoms with van der Waals surface area (Å²) in [6.07, 6.45) is 2.04. The quantitative estimate of drug-likeness (QED) is 0.128. The third-order valence-corrected chi connectivity index (χ3v) is 7.68. The molecule has 0 unspecified atom stereocenters. The Morgan fingerprint density at radius 2 is 1.05 bits per heavy atom. The fourth-order valence-corrected chi connectivity index (χ4v) is 5.73. The van der Waals surface area contributed by atoms with Gasteiger partial charge in [-0.25, -0.2) is 0 Å². The highest BCUT2D eigenvalue weighted by atomic mass is 15.1. The molecule has 0 aliphatic carbocycles. The molecule has 0 fully saturated rings. The van der Waals surface area contributed by atoms with Gasteiger partial charge in [-0.15, -0.1) is 0 Å². The number of nitriles is 1. The van der Waals surface area contributed by atoms with Crippen LogP contribution in [0.2, 0.25) is 0 Å². The van der Waals surface area contributed by atoms with E-state index in [0.717, 1.165) is 39.0 Å². The highest BCUT2D eigenvalue weighted by molar-refractivity contribution is 6.10. The van der Waals surface area contributed by atoms with E-state index in [4.69, 9.17) is 0 Å². The zero-order valence-electron chi connectivity index (χ0n) is 22.4. The molecule has 0 radical (unpaired) electrons. The monoisotopic (exact) mass is 522 g/mol. The summed E-state index contributed by atoms with van der Waals surface area (Å²) in [5.74, 6) is 0. The Morgan fingerprint density at radius 1 is 0.512 bits per heavy atom. The van der Waals surface area contributed by atoms with Crippen molar-refractivity contribution < 1.29 is 0 Å². The smallest absolute Gasteiger partial charge is 0.0998 e. The fraction of sp³-hybridized carbons (Fsp3) is 0. The van der Waals surface area contributed by atoms with Gasteiger partial charge in [0.15, 0.2) is 0 Å². The average Bonchev–Trinajstić information content (AvgIpc) is 3.04. The highest BCUT2D eigenvalue weighted by Crippen LogP contribution is 2.39. The van der Waals surface area contributed by atoms with Crippen molar-refractivity contribution in [1.82, 2.24) is 0 Å². The van der Waals surface area contributed by atoms with Crippen molar-refractivity contribution >= 4 is 61.0 Å². The second-order valence-electron chi connectivity index (χ2n) is 10.1. The molecule has 2 heteroatoms. The minimum Gasteiger partial charge on any atom is -0.310 e. The topological polar surface area (TPSA) is 27.0 Å². The van der Waals surface area contributed by atoms with Crippen LogP contribution in [0.15, 0.2) is 152 Å². The van der Waals surface area contributed by atoms with Gasteiger partial charge in [-0.3, -0.25) is 0 Å². The van der Waals surface area contributed by atoms with Crippen LogP contribution in [0.3, 0.4) is 0 Å². The summed E-state index contributed by atoms with van der Waals surface area (Å²) < 4.78 is 0. The lowest BCUT2D eigenvalue weighted by molar-refractivity contribution is 1.29. The van der Waals surface area contributed by atoms with Gasteiger partial charge in [0.05, 0.1) is 17.3 Å². The van der Waals surface area contributed by atoms with Crippen LogP contribution in [0.4, 0.5) is 17.1 Å². The van der Waals surface area contributed by atoms with Crippen LogP contribution in [0.1, 0.15) is 11.1 Å². The van der Waals surface area contributed by atoms with E-state index < -0.39 is 0 Å². The molecule has 0 saturated heterocycles. The van der Waals surface area contributed by atoms with Gasteiger partial charge in [0.25, 0.3) is 0 Å². The van der Waals surface area contributed by atoms with Crippen LogP contribution < -0.4 is 4.90 Å². The van der Waals surface area contributed by atoms with Gasteiger partial charge < -0.3 is 4.90 Å². The lowest BCUT2D eigenvalue weighted by atomic mass is 9.94. The summed E-state index contributed by atoms with van der Waals surface area (Å²) in [5, 5.41) is 17.3. The van der Waals surface area contributed by atoms with Gasteiger partial charge in [-0.2, -0.15) is 5.26 Å². The van der Waals surface area contributed by atoms with Crippen LogP contribution in [-0.2, 0) is 0 Å². The zero-order valence-corrected chi connectivity index (χ0v) is 22.4. The van der Waals surface area contributed by atoms with E-state index in [1.54, 1.807) is 0 Å². The highest BCUT2D eigenvalue weighted by Gasteiger charge is 2.15. The first kappa shape index (κ1) is 24.4. The summed E-state index contributed by atoms with van der Waals surface area (Å²) in [5.41, 5.74) is 5.81. The second-order valence-corrected chi connectivity index (χ2v) is 10.1. The van der Waals surface area contributed by atoms with Crippen molar-refractivity contribution in [1.29, 1.82) is 5.26 Å². The molecule has 0 amide bonds. The molecular formula is C39H26N2. The van der Waals surface area contributed by atoms with Gasteiger partial charge in [-0.05, 0) is 80.5 Å². The summed E-state index contributed by atoms with van der Waals surface area (Å²) >= 11 is 0. The van der Waals surface area contributed by atoms with Gasteiger partial charge in [-0.1, -0.05) is 115 Å². The number of para-hydroxylation sites is 1. The van der Waals surface area contributed by atoms with E-state index in [9.17, 15) is 5.26 Å². The van der Waals surface area contributed by atoms with E-state index in [1.165, 1.54) is 21.5 Å². The van der Waals surface area contributed by atoms with Gasteiger partial charge >= 0.3 is 0 Å². The minimum absolute atomic E-state index is 0.634. The summed E-state index contributed by atoms with van der Waals surface area (Å²) in [7, 11) is 0. The maximum Gasteiger partial charge on any atom is 0.0998 e. The number of hydrogen-bond donors (Lipinski definition) is 0. The SMILES string of the molecule is N#C/C(=C\c1c2ccccc2cc2ccccc12)c1ccc(N(c2ccccc2)c2cccc3ccccc23)cc1. The normalized spacial score (nSPS) is 11.5. The summed E-state index contributed by atoms with van der Waals surface area (Å²) in [4.78, 5) is 2.28. The molecule has 7 aromatic carbocycles. The lowest BCUT2D eigenvalue weighted by Gasteiger charge is -2.27. The maximum absolute atomic E-state index is 10.3. The van der Waals surface area contributed by atoms with Crippen molar-refractivity contribution in [3.63, 3.8) is 0 Å². The van der Waals surface area contributed by atoms with E-state index in [-0.39, 0.29) is 0 Å². The van der Waals surface area contributed by atoms with Crippen LogP contribution >= 0.6 is 0 Å². The standard InChI is InChI=1S/C39H26N2/c40-27-32(26-38-35-17-7-5-12-30(35)25-31-13-6-8-18-36(31)38)28-21-23-34(24-22-28)41(33-15-2-1-3-16-33)39-20-10-14-29-11-4-9-19-37(29)39/h1-26H/b32-26+. The van der Waals surface area contributed by atoms with E-state index >= 15 is 0 Å². The summed E-state index contributed by atoms with van der Waals surface area (Å²) in [6, 6.07) is 55.1. The fourth-order valence-electron chi connectivity index (χ4n) is 5.73. The van der Waals surface area contributed by atoms with Crippen molar-refractivity contribution in [3.8, 4) is 6.07 Å². The first-order chi connectivity index (χ1) is 20.3. The number of fused-ring (bicyclic) bond motifs is 3.